The summed E-state index contributed by atoms with van der Waals surface area (Å²) in [6.45, 7) is 2.17. The van der Waals surface area contributed by atoms with Crippen molar-refractivity contribution in [2.24, 2.45) is 17.3 Å². The highest BCUT2D eigenvalue weighted by molar-refractivity contribution is 9.10. The first-order valence-corrected chi connectivity index (χ1v) is 28.5. The van der Waals surface area contributed by atoms with Crippen LogP contribution in [0.2, 0.25) is 0 Å². The van der Waals surface area contributed by atoms with Gasteiger partial charge >= 0.3 is 6.18 Å². The van der Waals surface area contributed by atoms with Gasteiger partial charge in [0.15, 0.2) is 0 Å². The van der Waals surface area contributed by atoms with E-state index in [1.165, 1.54) is 11.1 Å². The zero-order valence-corrected chi connectivity index (χ0v) is 45.2. The lowest BCUT2D eigenvalue weighted by Gasteiger charge is -2.37. The molecule has 3 saturated carbocycles. The van der Waals surface area contributed by atoms with E-state index < -0.39 is 23.1 Å². The summed E-state index contributed by atoms with van der Waals surface area (Å²) in [4.78, 5) is 78.3. The van der Waals surface area contributed by atoms with E-state index in [1.54, 1.807) is 29.2 Å². The SMILES string of the molecule is CN1C(=O)C[C@H](C(=O)NCCOC2CCC(OCCCC(=O)NC3CCC(C(=O)NCCC[C@]4(C(=O)N5CCc6ncc(C(F)(F)F)cc6C5)CC[C@@H](N[C@@H]5CCc6cc(Br)ccc65)C4)CC3)CC2)[C@H]1c1cccnc1. The standard InChI is InChI=1S/C57H74BrF3N8O7/c1-68-51(71)31-47(52(68)38-5-2-23-62-33-38)54(73)64-25-28-76-45-15-13-44(14-16-45)75-27-3-6-50(70)67-42-11-7-36(8-12-42)53(72)63-24-4-21-56(22-19-43(32-56)66-49-18-9-37-30-41(58)10-17-46(37)49)55(74)69-26-20-48-39(35-69)29-40(34-65-48)57(59,60)61/h2,5,10,17,23,29-30,33-34,36,42-45,47,49,52,66H,3-4,6-9,11-16,18-22,24-28,31-32,35H2,1H3,(H,63,72)(H,64,73)(H,67,70)/t36?,42?,43-,44?,45?,47+,49-,52-,56+/m1/s1. The van der Waals surface area contributed by atoms with Crippen LogP contribution in [0.5, 0.6) is 0 Å². The Hall–Kier alpha value is -4.98. The summed E-state index contributed by atoms with van der Waals surface area (Å²) in [5.74, 6) is -0.895. The quantitative estimate of drug-likeness (QED) is 0.0810. The largest absolute Gasteiger partial charge is 0.417 e. The highest BCUT2D eigenvalue weighted by Gasteiger charge is 2.48. The number of aromatic nitrogens is 2. The van der Waals surface area contributed by atoms with Gasteiger partial charge in [-0.15, -0.1) is 0 Å². The number of hydrogen-bond donors (Lipinski definition) is 4. The second-order valence-corrected chi connectivity index (χ2v) is 23.1. The number of fused-ring (bicyclic) bond motifs is 2. The number of pyridine rings is 2. The van der Waals surface area contributed by atoms with Crippen LogP contribution in [0.1, 0.15) is 155 Å². The van der Waals surface area contributed by atoms with Gasteiger partial charge in [0.05, 0.1) is 41.8 Å². The van der Waals surface area contributed by atoms with Crippen molar-refractivity contribution in [2.45, 2.75) is 171 Å². The van der Waals surface area contributed by atoms with E-state index in [0.717, 1.165) is 80.1 Å². The molecule has 4 fully saturated rings. The maximum Gasteiger partial charge on any atom is 0.417 e. The van der Waals surface area contributed by atoms with Crippen LogP contribution >= 0.6 is 15.9 Å². The van der Waals surface area contributed by atoms with Crippen molar-refractivity contribution >= 4 is 45.5 Å². The number of hydrogen-bond acceptors (Lipinski definition) is 10. The first-order valence-electron chi connectivity index (χ1n) is 27.7. The second kappa shape index (κ2) is 25.2. The number of alkyl halides is 3. The topological polar surface area (TPSA) is 184 Å². The molecule has 4 aliphatic carbocycles. The van der Waals surface area contributed by atoms with Gasteiger partial charge in [-0.3, -0.25) is 33.9 Å². The first kappa shape index (κ1) is 55.8. The third-order valence-corrected chi connectivity index (χ3v) is 17.7. The molecule has 5 atom stereocenters. The van der Waals surface area contributed by atoms with Crippen molar-refractivity contribution in [3.05, 3.63) is 93.0 Å². The smallest absolute Gasteiger partial charge is 0.378 e. The minimum absolute atomic E-state index is 0.00669. The Balaban J connectivity index is 0.650. The number of carbonyl (C=O) groups excluding carboxylic acids is 5. The molecule has 19 heteroatoms. The number of carbonyl (C=O) groups is 5. The molecule has 2 aromatic heterocycles. The summed E-state index contributed by atoms with van der Waals surface area (Å²) in [5.41, 5.74) is 2.99. The number of amides is 5. The fraction of sp³-hybridized carbons (Fsp3) is 0.632. The number of halogens is 4. The Morgan fingerprint density at radius 2 is 1.61 bits per heavy atom. The molecule has 6 aliphatic rings. The number of aryl methyl sites for hydroxylation is 1. The zero-order valence-electron chi connectivity index (χ0n) is 43.7. The van der Waals surface area contributed by atoms with E-state index in [2.05, 4.69) is 65.4 Å². The molecule has 1 saturated heterocycles. The van der Waals surface area contributed by atoms with Crippen LogP contribution in [0.15, 0.2) is 59.5 Å². The average molecular weight is 1120 g/mol. The minimum Gasteiger partial charge on any atom is -0.378 e. The number of likely N-dealkylation sites (tertiary alicyclic amines) is 1. The maximum absolute atomic E-state index is 14.7. The summed E-state index contributed by atoms with van der Waals surface area (Å²) < 4.78 is 54.3. The van der Waals surface area contributed by atoms with Crippen molar-refractivity contribution in [2.75, 3.05) is 39.9 Å². The van der Waals surface area contributed by atoms with Crippen LogP contribution in [-0.2, 0) is 59.0 Å². The Bertz CT molecular complexity index is 2530. The zero-order chi connectivity index (χ0) is 53.4. The molecule has 9 rings (SSSR count). The van der Waals surface area contributed by atoms with Crippen molar-refractivity contribution < 1.29 is 46.6 Å². The fourth-order valence-electron chi connectivity index (χ4n) is 13.0. The van der Waals surface area contributed by atoms with E-state index in [0.29, 0.717) is 102 Å². The molecule has 0 spiro atoms. The van der Waals surface area contributed by atoms with Crippen molar-refractivity contribution in [3.63, 3.8) is 0 Å². The summed E-state index contributed by atoms with van der Waals surface area (Å²) in [7, 11) is 1.72. The normalized spacial score (nSPS) is 27.5. The van der Waals surface area contributed by atoms with Gasteiger partial charge in [-0.25, -0.2) is 0 Å². The van der Waals surface area contributed by atoms with Crippen molar-refractivity contribution in [3.8, 4) is 0 Å². The molecule has 0 unspecified atom stereocenters. The van der Waals surface area contributed by atoms with Gasteiger partial charge in [0.25, 0.3) is 0 Å². The predicted octanol–water partition coefficient (Wildman–Crippen LogP) is 7.99. The van der Waals surface area contributed by atoms with Crippen molar-refractivity contribution in [1.82, 2.24) is 41.0 Å². The molecule has 2 aliphatic heterocycles. The number of nitrogens with zero attached hydrogens (tertiary/aromatic N) is 4. The third kappa shape index (κ3) is 13.8. The Morgan fingerprint density at radius 1 is 0.842 bits per heavy atom. The highest BCUT2D eigenvalue weighted by Crippen LogP contribution is 2.46. The summed E-state index contributed by atoms with van der Waals surface area (Å²) in [5, 5.41) is 13.2. The van der Waals surface area contributed by atoms with Gasteiger partial charge in [-0.05, 0) is 149 Å². The lowest BCUT2D eigenvalue weighted by molar-refractivity contribution is -0.143. The number of ether oxygens (including phenoxy) is 2. The van der Waals surface area contributed by atoms with E-state index in [9.17, 15) is 37.1 Å². The van der Waals surface area contributed by atoms with Crippen LogP contribution < -0.4 is 21.3 Å². The molecular formula is C57H74BrF3N8O7. The highest BCUT2D eigenvalue weighted by atomic mass is 79.9. The molecule has 5 amide bonds. The fourth-order valence-corrected chi connectivity index (χ4v) is 13.4. The van der Waals surface area contributed by atoms with Gasteiger partial charge in [0, 0.05) is 112 Å². The number of rotatable bonds is 20. The molecule has 1 aromatic carbocycles. The molecule has 76 heavy (non-hydrogen) atoms. The Kier molecular flexibility index (Phi) is 18.5. The lowest BCUT2D eigenvalue weighted by atomic mass is 9.79. The molecule has 3 aromatic rings. The summed E-state index contributed by atoms with van der Waals surface area (Å²) in [6, 6.07) is 11.2. The molecule has 4 N–H and O–H groups in total. The molecule has 412 valence electrons. The van der Waals surface area contributed by atoms with Crippen LogP contribution in [0, 0.1) is 17.3 Å². The molecule has 0 bridgehead atoms. The third-order valence-electron chi connectivity index (χ3n) is 17.2. The summed E-state index contributed by atoms with van der Waals surface area (Å²) >= 11 is 3.59. The Labute approximate surface area is 452 Å². The van der Waals surface area contributed by atoms with Gasteiger partial charge in [0.2, 0.25) is 29.5 Å². The van der Waals surface area contributed by atoms with E-state index >= 15 is 0 Å². The number of benzene rings is 1. The van der Waals surface area contributed by atoms with E-state index in [4.69, 9.17) is 9.47 Å². The lowest BCUT2D eigenvalue weighted by Crippen LogP contribution is -2.46. The van der Waals surface area contributed by atoms with Crippen LogP contribution in [0.3, 0.4) is 0 Å². The second-order valence-electron chi connectivity index (χ2n) is 22.2. The monoisotopic (exact) mass is 1120 g/mol. The average Bonchev–Trinajstić information content (AvgIpc) is 4.12. The summed E-state index contributed by atoms with van der Waals surface area (Å²) in [6.07, 6.45) is 12.9. The van der Waals surface area contributed by atoms with Gasteiger partial charge in [0.1, 0.15) is 0 Å². The van der Waals surface area contributed by atoms with Gasteiger partial charge in [-0.1, -0.05) is 28.1 Å². The van der Waals surface area contributed by atoms with Crippen molar-refractivity contribution in [1.29, 1.82) is 0 Å². The number of nitrogens with one attached hydrogen (secondary N) is 4. The van der Waals surface area contributed by atoms with E-state index in [1.807, 2.05) is 12.1 Å². The minimum atomic E-state index is -4.52. The van der Waals surface area contributed by atoms with Gasteiger partial charge in [-0.2, -0.15) is 13.2 Å². The van der Waals surface area contributed by atoms with E-state index in [-0.39, 0.29) is 84.8 Å². The van der Waals surface area contributed by atoms with Crippen LogP contribution in [0.4, 0.5) is 13.2 Å². The predicted molar refractivity (Wildman–Crippen MR) is 281 cm³/mol. The van der Waals surface area contributed by atoms with Crippen LogP contribution in [0.25, 0.3) is 0 Å². The maximum atomic E-state index is 14.7. The van der Waals surface area contributed by atoms with Gasteiger partial charge < -0.3 is 40.5 Å². The molecule has 15 nitrogen and oxygen atoms in total. The van der Waals surface area contributed by atoms with Crippen LogP contribution in [-0.4, -0.2) is 113 Å². The molecule has 4 heterocycles. The first-order chi connectivity index (χ1) is 36.6. The molecular weight excluding hydrogens is 1050 g/mol. The Morgan fingerprint density at radius 3 is 2.36 bits per heavy atom. The molecule has 0 radical (unpaired) electrons.